The highest BCUT2D eigenvalue weighted by atomic mass is 16.4. The summed E-state index contributed by atoms with van der Waals surface area (Å²) in [6.45, 7) is 8.26. The van der Waals surface area contributed by atoms with Gasteiger partial charge in [0.05, 0.1) is 5.92 Å². The molecule has 2 heteroatoms. The van der Waals surface area contributed by atoms with E-state index >= 15 is 0 Å². The van der Waals surface area contributed by atoms with E-state index < -0.39 is 5.97 Å². The zero-order valence-corrected chi connectivity index (χ0v) is 12.3. The van der Waals surface area contributed by atoms with Crippen molar-refractivity contribution in [2.75, 3.05) is 0 Å². The lowest BCUT2D eigenvalue weighted by atomic mass is 10.0. The third-order valence-corrected chi connectivity index (χ3v) is 3.21. The fraction of sp³-hybridized carbons (Fsp3) is 0.688. The number of allylic oxidation sites excluding steroid dienone is 4. The van der Waals surface area contributed by atoms with Gasteiger partial charge in [-0.25, -0.2) is 0 Å². The molecule has 0 aliphatic heterocycles. The van der Waals surface area contributed by atoms with E-state index in [-0.39, 0.29) is 5.92 Å². The summed E-state index contributed by atoms with van der Waals surface area (Å²) in [6.07, 6.45) is 10.7. The largest absolute Gasteiger partial charge is 0.481 e. The molecular weight excluding hydrogens is 224 g/mol. The van der Waals surface area contributed by atoms with Gasteiger partial charge in [-0.15, -0.1) is 0 Å². The molecule has 1 N–H and O–H groups in total. The minimum Gasteiger partial charge on any atom is -0.481 e. The molecule has 0 fully saturated rings. The van der Waals surface area contributed by atoms with Crippen LogP contribution in [0.3, 0.4) is 0 Å². The van der Waals surface area contributed by atoms with Gasteiger partial charge in [-0.1, -0.05) is 37.1 Å². The lowest BCUT2D eigenvalue weighted by Crippen LogP contribution is -2.08. The first-order valence-corrected chi connectivity index (χ1v) is 7.01. The topological polar surface area (TPSA) is 37.3 Å². The lowest BCUT2D eigenvalue weighted by Gasteiger charge is -2.06. The first-order valence-electron chi connectivity index (χ1n) is 7.01. The Morgan fingerprint density at radius 1 is 1.17 bits per heavy atom. The van der Waals surface area contributed by atoms with Crippen LogP contribution in [0, 0.1) is 5.92 Å². The molecule has 0 aliphatic carbocycles. The van der Waals surface area contributed by atoms with Crippen LogP contribution in [0.4, 0.5) is 0 Å². The van der Waals surface area contributed by atoms with Crippen molar-refractivity contribution in [3.8, 4) is 0 Å². The summed E-state index contributed by atoms with van der Waals surface area (Å²) in [7, 11) is 0. The molecule has 0 heterocycles. The average molecular weight is 252 g/mol. The van der Waals surface area contributed by atoms with Gasteiger partial charge in [0.15, 0.2) is 0 Å². The number of carboxylic acid groups (broad SMARTS) is 1. The molecule has 0 aromatic heterocycles. The summed E-state index contributed by atoms with van der Waals surface area (Å²) in [5.41, 5.74) is 2.85. The van der Waals surface area contributed by atoms with Crippen LogP contribution in [0.15, 0.2) is 23.3 Å². The molecule has 0 amide bonds. The second-order valence-corrected chi connectivity index (χ2v) is 5.18. The van der Waals surface area contributed by atoms with Gasteiger partial charge in [-0.05, 0) is 52.4 Å². The second-order valence-electron chi connectivity index (χ2n) is 5.18. The van der Waals surface area contributed by atoms with Gasteiger partial charge in [0.1, 0.15) is 0 Å². The summed E-state index contributed by atoms with van der Waals surface area (Å²) in [4.78, 5) is 10.7. The third-order valence-electron chi connectivity index (χ3n) is 3.21. The Bertz CT molecular complexity index is 300. The van der Waals surface area contributed by atoms with E-state index in [1.807, 2.05) is 0 Å². The number of carbonyl (C=O) groups is 1. The van der Waals surface area contributed by atoms with Crippen LogP contribution < -0.4 is 0 Å². The van der Waals surface area contributed by atoms with E-state index in [0.717, 1.165) is 38.5 Å². The molecule has 0 rings (SSSR count). The highest BCUT2D eigenvalue weighted by Gasteiger charge is 2.09. The summed E-state index contributed by atoms with van der Waals surface area (Å²) in [6, 6.07) is 0. The van der Waals surface area contributed by atoms with E-state index in [0.29, 0.717) is 0 Å². The molecule has 0 saturated heterocycles. The fourth-order valence-electron chi connectivity index (χ4n) is 1.91. The quantitative estimate of drug-likeness (QED) is 0.589. The van der Waals surface area contributed by atoms with Crippen LogP contribution in [0.2, 0.25) is 0 Å². The van der Waals surface area contributed by atoms with Gasteiger partial charge < -0.3 is 5.11 Å². The lowest BCUT2D eigenvalue weighted by molar-refractivity contribution is -0.141. The fourth-order valence-corrected chi connectivity index (χ4v) is 1.91. The van der Waals surface area contributed by atoms with Gasteiger partial charge in [-0.3, -0.25) is 4.79 Å². The van der Waals surface area contributed by atoms with Gasteiger partial charge in [0.2, 0.25) is 0 Å². The number of hydrogen-bond acceptors (Lipinski definition) is 1. The van der Waals surface area contributed by atoms with E-state index in [4.69, 9.17) is 5.11 Å². The monoisotopic (exact) mass is 252 g/mol. The first-order chi connectivity index (χ1) is 8.47. The van der Waals surface area contributed by atoms with Gasteiger partial charge >= 0.3 is 5.97 Å². The number of carboxylic acids is 1. The molecule has 0 bridgehead atoms. The molecule has 0 aliphatic rings. The Labute approximate surface area is 112 Å². The minimum absolute atomic E-state index is 0.215. The highest BCUT2D eigenvalue weighted by molar-refractivity contribution is 5.69. The van der Waals surface area contributed by atoms with Crippen molar-refractivity contribution in [3.05, 3.63) is 23.3 Å². The SMILES string of the molecule is CC/C=C(\C)CC/C=C(\C)CCCC(C)C(=O)O. The van der Waals surface area contributed by atoms with Crippen molar-refractivity contribution in [2.24, 2.45) is 5.92 Å². The molecule has 0 aromatic rings. The van der Waals surface area contributed by atoms with Crippen molar-refractivity contribution in [3.63, 3.8) is 0 Å². The van der Waals surface area contributed by atoms with Crippen LogP contribution in [-0.2, 0) is 4.79 Å². The smallest absolute Gasteiger partial charge is 0.306 e. The molecule has 0 aromatic carbocycles. The van der Waals surface area contributed by atoms with Crippen LogP contribution >= 0.6 is 0 Å². The maximum absolute atomic E-state index is 10.7. The maximum atomic E-state index is 10.7. The normalized spacial score (nSPS) is 14.7. The van der Waals surface area contributed by atoms with Crippen molar-refractivity contribution in [1.82, 2.24) is 0 Å². The second kappa shape index (κ2) is 9.93. The Morgan fingerprint density at radius 2 is 1.78 bits per heavy atom. The van der Waals surface area contributed by atoms with Crippen molar-refractivity contribution in [2.45, 2.75) is 66.2 Å². The van der Waals surface area contributed by atoms with E-state index in [9.17, 15) is 4.79 Å². The predicted octanol–water partition coefficient (Wildman–Crippen LogP) is 4.96. The van der Waals surface area contributed by atoms with E-state index in [2.05, 4.69) is 32.9 Å². The average Bonchev–Trinajstić information content (AvgIpc) is 2.29. The van der Waals surface area contributed by atoms with Crippen molar-refractivity contribution < 1.29 is 9.90 Å². The summed E-state index contributed by atoms with van der Waals surface area (Å²) >= 11 is 0. The molecule has 18 heavy (non-hydrogen) atoms. The van der Waals surface area contributed by atoms with E-state index in [1.165, 1.54) is 11.1 Å². The summed E-state index contributed by atoms with van der Waals surface area (Å²) in [5, 5.41) is 8.78. The highest BCUT2D eigenvalue weighted by Crippen LogP contribution is 2.14. The van der Waals surface area contributed by atoms with E-state index in [1.54, 1.807) is 6.92 Å². The van der Waals surface area contributed by atoms with Crippen LogP contribution in [-0.4, -0.2) is 11.1 Å². The number of aliphatic carboxylic acids is 1. The van der Waals surface area contributed by atoms with Crippen molar-refractivity contribution >= 4 is 5.97 Å². The minimum atomic E-state index is -0.683. The standard InChI is InChI=1S/C16H28O2/c1-5-8-13(2)9-6-10-14(3)11-7-12-15(4)16(17)18/h8,10,15H,5-7,9,11-12H2,1-4H3,(H,17,18)/b13-8+,14-10+. The number of rotatable bonds is 9. The predicted molar refractivity (Wildman–Crippen MR) is 77.7 cm³/mol. The third kappa shape index (κ3) is 9.03. The summed E-state index contributed by atoms with van der Waals surface area (Å²) in [5.74, 6) is -0.899. The zero-order chi connectivity index (χ0) is 14.0. The molecule has 2 nitrogen and oxygen atoms in total. The Balaban J connectivity index is 3.78. The Morgan fingerprint density at radius 3 is 2.33 bits per heavy atom. The van der Waals surface area contributed by atoms with Crippen LogP contribution in [0.25, 0.3) is 0 Å². The molecule has 104 valence electrons. The van der Waals surface area contributed by atoms with Gasteiger partial charge in [0, 0.05) is 0 Å². The van der Waals surface area contributed by atoms with Crippen molar-refractivity contribution in [1.29, 1.82) is 0 Å². The molecule has 0 spiro atoms. The summed E-state index contributed by atoms with van der Waals surface area (Å²) < 4.78 is 0. The molecule has 1 unspecified atom stereocenters. The van der Waals surface area contributed by atoms with Crippen LogP contribution in [0.5, 0.6) is 0 Å². The van der Waals surface area contributed by atoms with Gasteiger partial charge in [0.25, 0.3) is 0 Å². The van der Waals surface area contributed by atoms with Crippen LogP contribution in [0.1, 0.15) is 66.2 Å². The maximum Gasteiger partial charge on any atom is 0.306 e. The number of hydrogen-bond donors (Lipinski definition) is 1. The Kier molecular flexibility index (Phi) is 9.35. The molecular formula is C16H28O2. The Hall–Kier alpha value is -1.05. The molecule has 0 radical (unpaired) electrons. The zero-order valence-electron chi connectivity index (χ0n) is 12.3. The molecule has 0 saturated carbocycles. The molecule has 1 atom stereocenters. The van der Waals surface area contributed by atoms with Gasteiger partial charge in [-0.2, -0.15) is 0 Å². The first kappa shape index (κ1) is 16.9.